The van der Waals surface area contributed by atoms with Gasteiger partial charge in [0.1, 0.15) is 17.2 Å². The number of carbonyl (C=O) groups is 1. The Hall–Kier alpha value is -3.93. The Morgan fingerprint density at radius 2 is 1.78 bits per heavy atom. The van der Waals surface area contributed by atoms with E-state index in [-0.39, 0.29) is 17.1 Å². The van der Waals surface area contributed by atoms with Crippen molar-refractivity contribution in [3.63, 3.8) is 0 Å². The molecule has 2 aromatic carbocycles. The lowest BCUT2D eigenvalue weighted by atomic mass is 9.97. The zero-order valence-electron chi connectivity index (χ0n) is 18.1. The number of nitrogens with zero attached hydrogens (tertiary/aromatic N) is 2. The van der Waals surface area contributed by atoms with Gasteiger partial charge in [0.15, 0.2) is 5.43 Å². The summed E-state index contributed by atoms with van der Waals surface area (Å²) >= 11 is 0. The van der Waals surface area contributed by atoms with Gasteiger partial charge in [-0.3, -0.25) is 14.5 Å². The molecular formula is C26H22N2O4. The molecule has 1 amide bonds. The first-order valence-corrected chi connectivity index (χ1v) is 10.5. The second-order valence-electron chi connectivity index (χ2n) is 7.87. The molecule has 3 heterocycles. The highest BCUT2D eigenvalue weighted by Crippen LogP contribution is 2.41. The first-order valence-electron chi connectivity index (χ1n) is 10.5. The highest BCUT2D eigenvalue weighted by atomic mass is 16.5. The van der Waals surface area contributed by atoms with Gasteiger partial charge in [-0.05, 0) is 73.9 Å². The number of aryl methyl sites for hydroxylation is 2. The van der Waals surface area contributed by atoms with E-state index in [1.165, 1.54) is 4.90 Å². The normalized spacial score (nSPS) is 15.3. The number of rotatable bonds is 4. The molecule has 0 radical (unpaired) electrons. The molecule has 0 fully saturated rings. The average Bonchev–Trinajstić information content (AvgIpc) is 3.09. The third-order valence-corrected chi connectivity index (χ3v) is 5.89. The van der Waals surface area contributed by atoms with Gasteiger partial charge < -0.3 is 9.15 Å². The smallest absolute Gasteiger partial charge is 0.296 e. The lowest BCUT2D eigenvalue weighted by Gasteiger charge is -2.24. The van der Waals surface area contributed by atoms with Crippen molar-refractivity contribution in [1.29, 1.82) is 0 Å². The van der Waals surface area contributed by atoms with Gasteiger partial charge in [0.25, 0.3) is 5.91 Å². The summed E-state index contributed by atoms with van der Waals surface area (Å²) in [6.07, 6.45) is 1.62. The standard InChI is InChI=1S/C26H22N2O4/c1-4-31-18-10-8-17(9-11-18)23-22-24(29)19-13-15(2)16(3)14-20(19)32-25(22)26(30)28(23)21-7-5-6-12-27-21/h5-14,23H,4H2,1-3H3. The Morgan fingerprint density at radius 1 is 1.03 bits per heavy atom. The molecule has 4 aromatic rings. The van der Waals surface area contributed by atoms with Crippen LogP contribution in [0, 0.1) is 13.8 Å². The van der Waals surface area contributed by atoms with Crippen molar-refractivity contribution in [3.05, 3.63) is 99.0 Å². The first kappa shape index (κ1) is 20.0. The molecule has 1 aliphatic heterocycles. The van der Waals surface area contributed by atoms with Gasteiger partial charge in [-0.2, -0.15) is 0 Å². The fraction of sp³-hybridized carbons (Fsp3) is 0.192. The predicted molar refractivity (Wildman–Crippen MR) is 122 cm³/mol. The highest BCUT2D eigenvalue weighted by molar-refractivity contribution is 6.10. The summed E-state index contributed by atoms with van der Waals surface area (Å²) < 4.78 is 11.6. The lowest BCUT2D eigenvalue weighted by Crippen LogP contribution is -2.30. The molecule has 6 nitrogen and oxygen atoms in total. The van der Waals surface area contributed by atoms with Crippen LogP contribution in [-0.2, 0) is 0 Å². The molecule has 0 saturated heterocycles. The molecule has 0 saturated carbocycles. The van der Waals surface area contributed by atoms with Crippen molar-refractivity contribution in [3.8, 4) is 5.75 Å². The van der Waals surface area contributed by atoms with Crippen molar-refractivity contribution < 1.29 is 13.9 Å². The highest BCUT2D eigenvalue weighted by Gasteiger charge is 2.44. The predicted octanol–water partition coefficient (Wildman–Crippen LogP) is 4.95. The molecule has 0 bridgehead atoms. The quantitative estimate of drug-likeness (QED) is 0.462. The molecule has 1 atom stereocenters. The average molecular weight is 426 g/mol. The fourth-order valence-electron chi connectivity index (χ4n) is 4.19. The lowest BCUT2D eigenvalue weighted by molar-refractivity contribution is 0.0970. The van der Waals surface area contributed by atoms with Crippen LogP contribution in [0.4, 0.5) is 5.82 Å². The number of aromatic nitrogens is 1. The van der Waals surface area contributed by atoms with E-state index in [2.05, 4.69) is 4.98 Å². The summed E-state index contributed by atoms with van der Waals surface area (Å²) in [7, 11) is 0. The second kappa shape index (κ2) is 7.64. The topological polar surface area (TPSA) is 72.6 Å². The van der Waals surface area contributed by atoms with Gasteiger partial charge in [0, 0.05) is 6.20 Å². The maximum atomic E-state index is 13.7. The summed E-state index contributed by atoms with van der Waals surface area (Å²) in [5.41, 5.74) is 3.32. The van der Waals surface area contributed by atoms with Crippen molar-refractivity contribution in [2.75, 3.05) is 11.5 Å². The Kier molecular flexibility index (Phi) is 4.78. The van der Waals surface area contributed by atoms with Crippen molar-refractivity contribution in [1.82, 2.24) is 4.98 Å². The largest absolute Gasteiger partial charge is 0.494 e. The summed E-state index contributed by atoms with van der Waals surface area (Å²) in [4.78, 5) is 33.1. The number of hydrogen-bond acceptors (Lipinski definition) is 5. The maximum absolute atomic E-state index is 13.7. The van der Waals surface area contributed by atoms with Crippen LogP contribution >= 0.6 is 0 Å². The minimum absolute atomic E-state index is 0.0651. The van der Waals surface area contributed by atoms with Crippen LogP contribution in [0.3, 0.4) is 0 Å². The van der Waals surface area contributed by atoms with Crippen LogP contribution in [0.15, 0.2) is 70.0 Å². The Labute approximate surface area is 185 Å². The number of anilines is 1. The number of hydrogen-bond donors (Lipinski definition) is 0. The third-order valence-electron chi connectivity index (χ3n) is 5.89. The summed E-state index contributed by atoms with van der Waals surface area (Å²) in [5, 5.41) is 0.471. The van der Waals surface area contributed by atoms with Crippen LogP contribution in [0.2, 0.25) is 0 Å². The van der Waals surface area contributed by atoms with Crippen LogP contribution in [0.25, 0.3) is 11.0 Å². The minimum atomic E-state index is -0.648. The number of pyridine rings is 1. The van der Waals surface area contributed by atoms with E-state index < -0.39 is 6.04 Å². The van der Waals surface area contributed by atoms with E-state index >= 15 is 0 Å². The number of carbonyl (C=O) groups excluding carboxylic acids is 1. The van der Waals surface area contributed by atoms with Crippen LogP contribution < -0.4 is 15.1 Å². The zero-order chi connectivity index (χ0) is 22.4. The van der Waals surface area contributed by atoms with Gasteiger partial charge in [-0.1, -0.05) is 18.2 Å². The fourth-order valence-corrected chi connectivity index (χ4v) is 4.19. The Balaban J connectivity index is 1.77. The van der Waals surface area contributed by atoms with Crippen LogP contribution in [0.5, 0.6) is 5.75 Å². The number of ether oxygens (including phenoxy) is 1. The summed E-state index contributed by atoms with van der Waals surface area (Å²) in [6, 6.07) is 15.8. The zero-order valence-corrected chi connectivity index (χ0v) is 18.1. The molecule has 2 aromatic heterocycles. The molecule has 160 valence electrons. The minimum Gasteiger partial charge on any atom is -0.494 e. The molecule has 1 aliphatic rings. The number of amides is 1. The summed E-state index contributed by atoms with van der Waals surface area (Å²) in [6.45, 7) is 6.38. The number of fused-ring (bicyclic) bond motifs is 2. The number of benzene rings is 2. The van der Waals surface area contributed by atoms with E-state index in [1.54, 1.807) is 18.3 Å². The Morgan fingerprint density at radius 3 is 2.47 bits per heavy atom. The van der Waals surface area contributed by atoms with Crippen molar-refractivity contribution in [2.24, 2.45) is 0 Å². The molecule has 5 rings (SSSR count). The van der Waals surface area contributed by atoms with E-state index in [4.69, 9.17) is 9.15 Å². The van der Waals surface area contributed by atoms with Gasteiger partial charge in [0.2, 0.25) is 5.76 Å². The van der Waals surface area contributed by atoms with Gasteiger partial charge >= 0.3 is 0 Å². The monoisotopic (exact) mass is 426 g/mol. The van der Waals surface area contributed by atoms with Gasteiger partial charge in [-0.15, -0.1) is 0 Å². The maximum Gasteiger partial charge on any atom is 0.296 e. The van der Waals surface area contributed by atoms with E-state index in [1.807, 2.05) is 63.2 Å². The van der Waals surface area contributed by atoms with E-state index in [9.17, 15) is 9.59 Å². The molecule has 1 unspecified atom stereocenters. The van der Waals surface area contributed by atoms with Gasteiger partial charge in [-0.25, -0.2) is 4.98 Å². The van der Waals surface area contributed by atoms with E-state index in [0.29, 0.717) is 29.0 Å². The summed E-state index contributed by atoms with van der Waals surface area (Å²) in [5.74, 6) is 0.866. The Bertz CT molecular complexity index is 1390. The second-order valence-corrected chi connectivity index (χ2v) is 7.87. The molecule has 6 heteroatoms. The SMILES string of the molecule is CCOc1ccc(C2c3c(oc4cc(C)c(C)cc4c3=O)C(=O)N2c2ccccn2)cc1. The van der Waals surface area contributed by atoms with E-state index in [0.717, 1.165) is 22.4 Å². The molecular weight excluding hydrogens is 404 g/mol. The van der Waals surface area contributed by atoms with Crippen molar-refractivity contribution >= 4 is 22.7 Å². The molecule has 0 spiro atoms. The van der Waals surface area contributed by atoms with Crippen LogP contribution in [0.1, 0.15) is 45.8 Å². The third kappa shape index (κ3) is 3.07. The molecule has 0 aliphatic carbocycles. The van der Waals surface area contributed by atoms with Gasteiger partial charge in [0.05, 0.1) is 23.6 Å². The first-order chi connectivity index (χ1) is 15.5. The molecule has 32 heavy (non-hydrogen) atoms. The van der Waals surface area contributed by atoms with Crippen LogP contribution in [-0.4, -0.2) is 17.5 Å². The van der Waals surface area contributed by atoms with Crippen molar-refractivity contribution in [2.45, 2.75) is 26.8 Å². The molecule has 0 N–H and O–H groups in total.